The van der Waals surface area contributed by atoms with Crippen LogP contribution in [0.3, 0.4) is 0 Å². The first-order valence-corrected chi connectivity index (χ1v) is 5.57. The fourth-order valence-electron chi connectivity index (χ4n) is 1.04. The van der Waals surface area contributed by atoms with Crippen molar-refractivity contribution in [2.24, 2.45) is 0 Å². The summed E-state index contributed by atoms with van der Waals surface area (Å²) in [4.78, 5) is 23.2. The number of thioether (sulfide) groups is 1. The van der Waals surface area contributed by atoms with Gasteiger partial charge in [0, 0.05) is 11.9 Å². The zero-order valence-corrected chi connectivity index (χ0v) is 9.35. The molecule has 1 rings (SSSR count). The van der Waals surface area contributed by atoms with Crippen molar-refractivity contribution < 1.29 is 9.59 Å². The fourth-order valence-corrected chi connectivity index (χ4v) is 1.59. The van der Waals surface area contributed by atoms with Crippen molar-refractivity contribution in [3.05, 3.63) is 24.3 Å². The minimum absolute atomic E-state index is 0.647. The van der Waals surface area contributed by atoms with Crippen LogP contribution in [0.25, 0.3) is 0 Å². The van der Waals surface area contributed by atoms with E-state index >= 15 is 0 Å². The van der Waals surface area contributed by atoms with Gasteiger partial charge in [0.15, 0.2) is 0 Å². The molecule has 2 N–H and O–H groups in total. The van der Waals surface area contributed by atoms with Gasteiger partial charge in [-0.3, -0.25) is 9.59 Å². The Morgan fingerprint density at radius 3 is 2.47 bits per heavy atom. The molecule has 0 saturated heterocycles. The van der Waals surface area contributed by atoms with Gasteiger partial charge in [0.05, 0.1) is 5.69 Å². The quantitative estimate of drug-likeness (QED) is 0.584. The summed E-state index contributed by atoms with van der Waals surface area (Å²) in [6.45, 7) is 0. The van der Waals surface area contributed by atoms with Crippen LogP contribution < -0.4 is 10.6 Å². The van der Waals surface area contributed by atoms with Crippen molar-refractivity contribution in [2.45, 2.75) is 4.90 Å². The summed E-state index contributed by atoms with van der Waals surface area (Å²) in [5.74, 6) is -1.30. The van der Waals surface area contributed by atoms with Gasteiger partial charge in [-0.05, 0) is 18.4 Å². The number of benzene rings is 1. The summed E-state index contributed by atoms with van der Waals surface area (Å²) in [6, 6.07) is 7.32. The molecule has 80 valence electrons. The molecule has 0 heterocycles. The predicted octanol–water partition coefficient (Wildman–Crippen LogP) is 1.09. The van der Waals surface area contributed by atoms with Crippen LogP contribution in [0.15, 0.2) is 29.2 Å². The number of anilines is 1. The van der Waals surface area contributed by atoms with E-state index in [9.17, 15) is 9.59 Å². The number of nitrogens with one attached hydrogen (secondary N) is 2. The maximum Gasteiger partial charge on any atom is 0.313 e. The molecule has 0 saturated carbocycles. The molecule has 5 heteroatoms. The normalized spacial score (nSPS) is 9.47. The van der Waals surface area contributed by atoms with E-state index in [1.807, 2.05) is 18.4 Å². The largest absolute Gasteiger partial charge is 0.351 e. The van der Waals surface area contributed by atoms with E-state index in [1.54, 1.807) is 12.1 Å². The Balaban J connectivity index is 2.80. The van der Waals surface area contributed by atoms with Crippen LogP contribution in [0.5, 0.6) is 0 Å². The highest BCUT2D eigenvalue weighted by molar-refractivity contribution is 7.98. The maximum absolute atomic E-state index is 11.3. The van der Waals surface area contributed by atoms with Crippen LogP contribution in [0.1, 0.15) is 0 Å². The molecule has 0 aliphatic rings. The molecule has 0 aliphatic carbocycles. The van der Waals surface area contributed by atoms with Gasteiger partial charge in [-0.15, -0.1) is 11.8 Å². The van der Waals surface area contributed by atoms with Crippen LogP contribution in [0.2, 0.25) is 0 Å². The molecule has 2 amide bonds. The third-order valence-corrected chi connectivity index (χ3v) is 2.58. The van der Waals surface area contributed by atoms with E-state index < -0.39 is 11.8 Å². The molecule has 0 bridgehead atoms. The standard InChI is InChI=1S/C10H12N2O2S/c1-11-9(13)10(14)12-7-5-3-4-6-8(7)15-2/h3-6H,1-2H3,(H,11,13)(H,12,14). The number of carbonyl (C=O) groups excluding carboxylic acids is 2. The molecular formula is C10H12N2O2S. The molecular weight excluding hydrogens is 212 g/mol. The first-order chi connectivity index (χ1) is 7.19. The van der Waals surface area contributed by atoms with Gasteiger partial charge in [-0.1, -0.05) is 12.1 Å². The molecule has 15 heavy (non-hydrogen) atoms. The molecule has 1 aromatic carbocycles. The Hall–Kier alpha value is -1.49. The van der Waals surface area contributed by atoms with Gasteiger partial charge in [-0.25, -0.2) is 0 Å². The molecule has 4 nitrogen and oxygen atoms in total. The lowest BCUT2D eigenvalue weighted by Gasteiger charge is -2.07. The van der Waals surface area contributed by atoms with Crippen molar-refractivity contribution in [3.8, 4) is 0 Å². The first-order valence-electron chi connectivity index (χ1n) is 4.35. The summed E-state index contributed by atoms with van der Waals surface area (Å²) in [6.07, 6.45) is 1.91. The summed E-state index contributed by atoms with van der Waals surface area (Å²) in [5.41, 5.74) is 0.651. The summed E-state index contributed by atoms with van der Waals surface area (Å²) in [5, 5.41) is 4.81. The Kier molecular flexibility index (Phi) is 4.17. The lowest BCUT2D eigenvalue weighted by atomic mass is 10.3. The Bertz CT molecular complexity index is 379. The highest BCUT2D eigenvalue weighted by atomic mass is 32.2. The van der Waals surface area contributed by atoms with E-state index in [-0.39, 0.29) is 0 Å². The second-order valence-electron chi connectivity index (χ2n) is 2.73. The van der Waals surface area contributed by atoms with Crippen molar-refractivity contribution in [1.82, 2.24) is 5.32 Å². The monoisotopic (exact) mass is 224 g/mol. The average molecular weight is 224 g/mol. The Morgan fingerprint density at radius 1 is 1.20 bits per heavy atom. The third-order valence-electron chi connectivity index (χ3n) is 1.79. The van der Waals surface area contributed by atoms with Crippen LogP contribution in [0.4, 0.5) is 5.69 Å². The van der Waals surface area contributed by atoms with E-state index in [0.29, 0.717) is 5.69 Å². The van der Waals surface area contributed by atoms with E-state index in [1.165, 1.54) is 18.8 Å². The lowest BCUT2D eigenvalue weighted by molar-refractivity contribution is -0.135. The van der Waals surface area contributed by atoms with Crippen LogP contribution >= 0.6 is 11.8 Å². The fraction of sp³-hybridized carbons (Fsp3) is 0.200. The van der Waals surface area contributed by atoms with E-state index in [2.05, 4.69) is 10.6 Å². The minimum atomic E-state index is -0.654. The zero-order chi connectivity index (χ0) is 11.3. The number of carbonyl (C=O) groups is 2. The average Bonchev–Trinajstić information content (AvgIpc) is 2.28. The highest BCUT2D eigenvalue weighted by Crippen LogP contribution is 2.24. The Labute approximate surface area is 92.4 Å². The molecule has 0 aromatic heterocycles. The van der Waals surface area contributed by atoms with Gasteiger partial charge in [0.2, 0.25) is 0 Å². The van der Waals surface area contributed by atoms with Gasteiger partial charge in [0.1, 0.15) is 0 Å². The summed E-state index contributed by atoms with van der Waals surface area (Å²) in [7, 11) is 1.42. The number of hydrogen-bond donors (Lipinski definition) is 2. The van der Waals surface area contributed by atoms with Crippen LogP contribution in [-0.4, -0.2) is 25.1 Å². The number of likely N-dealkylation sites (N-methyl/N-ethyl adjacent to an activating group) is 1. The number of para-hydroxylation sites is 1. The number of hydrogen-bond acceptors (Lipinski definition) is 3. The SMILES string of the molecule is CNC(=O)C(=O)Nc1ccccc1SC. The molecule has 0 radical (unpaired) electrons. The first kappa shape index (κ1) is 11.6. The van der Waals surface area contributed by atoms with Gasteiger partial charge < -0.3 is 10.6 Å². The smallest absolute Gasteiger partial charge is 0.313 e. The topological polar surface area (TPSA) is 58.2 Å². The van der Waals surface area contributed by atoms with Crippen molar-refractivity contribution in [1.29, 1.82) is 0 Å². The molecule has 0 unspecified atom stereocenters. The molecule has 0 spiro atoms. The van der Waals surface area contributed by atoms with Crippen molar-refractivity contribution >= 4 is 29.3 Å². The van der Waals surface area contributed by atoms with Gasteiger partial charge in [-0.2, -0.15) is 0 Å². The third kappa shape index (κ3) is 2.99. The Morgan fingerprint density at radius 2 is 1.87 bits per heavy atom. The van der Waals surface area contributed by atoms with Crippen LogP contribution in [0, 0.1) is 0 Å². The molecule has 1 aromatic rings. The molecule has 0 aliphatic heterocycles. The molecule has 0 atom stereocenters. The maximum atomic E-state index is 11.3. The highest BCUT2D eigenvalue weighted by Gasteiger charge is 2.12. The van der Waals surface area contributed by atoms with E-state index in [4.69, 9.17) is 0 Å². The molecule has 0 fully saturated rings. The van der Waals surface area contributed by atoms with Crippen LogP contribution in [-0.2, 0) is 9.59 Å². The summed E-state index contributed by atoms with van der Waals surface area (Å²) < 4.78 is 0. The zero-order valence-electron chi connectivity index (χ0n) is 8.53. The van der Waals surface area contributed by atoms with E-state index in [0.717, 1.165) is 4.90 Å². The van der Waals surface area contributed by atoms with Gasteiger partial charge >= 0.3 is 11.8 Å². The number of amides is 2. The second-order valence-corrected chi connectivity index (χ2v) is 3.58. The predicted molar refractivity (Wildman–Crippen MR) is 60.9 cm³/mol. The summed E-state index contributed by atoms with van der Waals surface area (Å²) >= 11 is 1.51. The van der Waals surface area contributed by atoms with Crippen molar-refractivity contribution in [2.75, 3.05) is 18.6 Å². The van der Waals surface area contributed by atoms with Crippen molar-refractivity contribution in [3.63, 3.8) is 0 Å². The lowest BCUT2D eigenvalue weighted by Crippen LogP contribution is -2.32. The number of rotatable bonds is 2. The van der Waals surface area contributed by atoms with Gasteiger partial charge in [0.25, 0.3) is 0 Å². The second kappa shape index (κ2) is 5.41. The minimum Gasteiger partial charge on any atom is -0.351 e.